The number of thiazole rings is 1. The number of nitrogens with one attached hydrogen (secondary N) is 1. The van der Waals surface area contributed by atoms with Crippen molar-refractivity contribution in [2.75, 3.05) is 36.4 Å². The highest BCUT2D eigenvalue weighted by molar-refractivity contribution is 7.22. The lowest BCUT2D eigenvalue weighted by atomic mass is 10.2. The zero-order valence-corrected chi connectivity index (χ0v) is 16.5. The molecule has 29 heavy (non-hydrogen) atoms. The van der Waals surface area contributed by atoms with E-state index in [2.05, 4.69) is 10.2 Å². The van der Waals surface area contributed by atoms with Gasteiger partial charge in [0.05, 0.1) is 15.8 Å². The number of hydrogen-bond acceptors (Lipinski definition) is 4. The third kappa shape index (κ3) is 4.14. The summed E-state index contributed by atoms with van der Waals surface area (Å²) in [7, 11) is 0. The number of hydrogen-bond donors (Lipinski definition) is 1. The van der Waals surface area contributed by atoms with Crippen LogP contribution in [0.5, 0.6) is 0 Å². The van der Waals surface area contributed by atoms with Crippen LogP contribution in [0, 0.1) is 6.92 Å². The van der Waals surface area contributed by atoms with Gasteiger partial charge >= 0.3 is 12.2 Å². The number of aryl methyl sites for hydroxylation is 1. The predicted octanol–water partition coefficient (Wildman–Crippen LogP) is 4.98. The van der Waals surface area contributed by atoms with E-state index < -0.39 is 17.8 Å². The lowest BCUT2D eigenvalue weighted by Crippen LogP contribution is -2.50. The molecule has 0 atom stereocenters. The van der Waals surface area contributed by atoms with E-state index in [4.69, 9.17) is 4.98 Å². The number of aromatic nitrogens is 1. The summed E-state index contributed by atoms with van der Waals surface area (Å²) in [6.45, 7) is 4.21. The number of carbonyl (C=O) groups is 1. The molecular weight excluding hydrogens is 401 g/mol. The van der Waals surface area contributed by atoms with Crippen LogP contribution < -0.4 is 10.2 Å². The standard InChI is InChI=1S/C20H19F3N4OS/c1-13-4-2-7-16-17(13)25-19(29-16)27-10-8-26(9-11-27)18(28)24-15-6-3-5-14(12-15)20(21,22)23/h2-7,12H,8-11H2,1H3,(H,24,28). The highest BCUT2D eigenvalue weighted by Gasteiger charge is 2.31. The Bertz CT molecular complexity index is 1040. The molecule has 4 rings (SSSR count). The topological polar surface area (TPSA) is 48.5 Å². The Kier molecular flexibility index (Phi) is 5.08. The molecule has 0 saturated carbocycles. The van der Waals surface area contributed by atoms with Gasteiger partial charge in [-0.2, -0.15) is 13.2 Å². The highest BCUT2D eigenvalue weighted by Crippen LogP contribution is 2.32. The second kappa shape index (κ2) is 7.55. The molecule has 0 spiro atoms. The fraction of sp³-hybridized carbons (Fsp3) is 0.300. The number of nitrogens with zero attached hydrogens (tertiary/aromatic N) is 3. The van der Waals surface area contributed by atoms with Crippen molar-refractivity contribution < 1.29 is 18.0 Å². The molecule has 5 nitrogen and oxygen atoms in total. The number of urea groups is 1. The van der Waals surface area contributed by atoms with Gasteiger partial charge in [-0.05, 0) is 36.8 Å². The Morgan fingerprint density at radius 1 is 1.10 bits per heavy atom. The van der Waals surface area contributed by atoms with E-state index in [1.165, 1.54) is 12.1 Å². The molecule has 0 radical (unpaired) electrons. The van der Waals surface area contributed by atoms with Gasteiger partial charge in [0.1, 0.15) is 0 Å². The van der Waals surface area contributed by atoms with Gasteiger partial charge in [0.2, 0.25) is 0 Å². The normalized spacial score (nSPS) is 15.0. The number of anilines is 2. The number of halogens is 3. The highest BCUT2D eigenvalue weighted by atomic mass is 32.1. The fourth-order valence-electron chi connectivity index (χ4n) is 3.29. The monoisotopic (exact) mass is 420 g/mol. The smallest absolute Gasteiger partial charge is 0.345 e. The lowest BCUT2D eigenvalue weighted by Gasteiger charge is -2.34. The van der Waals surface area contributed by atoms with E-state index in [9.17, 15) is 18.0 Å². The first-order valence-electron chi connectivity index (χ1n) is 9.15. The van der Waals surface area contributed by atoms with Crippen molar-refractivity contribution in [3.8, 4) is 0 Å². The van der Waals surface area contributed by atoms with Crippen LogP contribution >= 0.6 is 11.3 Å². The third-order valence-electron chi connectivity index (χ3n) is 4.89. The van der Waals surface area contributed by atoms with Crippen LogP contribution in [0.15, 0.2) is 42.5 Å². The molecule has 1 aromatic heterocycles. The molecule has 1 N–H and O–H groups in total. The predicted molar refractivity (Wildman–Crippen MR) is 109 cm³/mol. The molecule has 2 amide bonds. The molecule has 0 aliphatic carbocycles. The molecule has 0 unspecified atom stereocenters. The SMILES string of the molecule is Cc1cccc2sc(N3CCN(C(=O)Nc4cccc(C(F)(F)F)c4)CC3)nc12. The Morgan fingerprint density at radius 3 is 2.52 bits per heavy atom. The maximum atomic E-state index is 12.8. The van der Waals surface area contributed by atoms with Crippen molar-refractivity contribution in [2.45, 2.75) is 13.1 Å². The number of fused-ring (bicyclic) bond motifs is 1. The second-order valence-corrected chi connectivity index (χ2v) is 7.91. The van der Waals surface area contributed by atoms with Gasteiger partial charge in [-0.1, -0.05) is 29.5 Å². The minimum Gasteiger partial charge on any atom is -0.345 e. The number of amides is 2. The molecule has 2 heterocycles. The van der Waals surface area contributed by atoms with Crippen LogP contribution in [0.2, 0.25) is 0 Å². The van der Waals surface area contributed by atoms with Crippen LogP contribution in [0.25, 0.3) is 10.2 Å². The summed E-state index contributed by atoms with van der Waals surface area (Å²) >= 11 is 1.62. The first-order chi connectivity index (χ1) is 13.8. The van der Waals surface area contributed by atoms with Gasteiger partial charge in [-0.25, -0.2) is 9.78 Å². The maximum Gasteiger partial charge on any atom is 0.416 e. The van der Waals surface area contributed by atoms with Gasteiger partial charge in [0.15, 0.2) is 5.13 Å². The number of piperazine rings is 1. The van der Waals surface area contributed by atoms with Gasteiger partial charge < -0.3 is 15.1 Å². The van der Waals surface area contributed by atoms with Gasteiger partial charge in [0.25, 0.3) is 0 Å². The minimum atomic E-state index is -4.44. The Morgan fingerprint density at radius 2 is 1.83 bits per heavy atom. The number of para-hydroxylation sites is 1. The Hall–Kier alpha value is -2.81. The number of carbonyl (C=O) groups excluding carboxylic acids is 1. The van der Waals surface area contributed by atoms with Crippen LogP contribution in [0.3, 0.4) is 0 Å². The number of alkyl halides is 3. The summed E-state index contributed by atoms with van der Waals surface area (Å²) in [6.07, 6.45) is -4.44. The summed E-state index contributed by atoms with van der Waals surface area (Å²) in [4.78, 5) is 20.9. The molecule has 152 valence electrons. The van der Waals surface area contributed by atoms with E-state index in [0.717, 1.165) is 33.0 Å². The first-order valence-corrected chi connectivity index (χ1v) is 9.97. The molecule has 2 aromatic carbocycles. The average molecular weight is 420 g/mol. The van der Waals surface area contributed by atoms with E-state index >= 15 is 0 Å². The van der Waals surface area contributed by atoms with Crippen molar-refractivity contribution >= 4 is 38.4 Å². The number of rotatable bonds is 2. The maximum absolute atomic E-state index is 12.8. The van der Waals surface area contributed by atoms with Crippen LogP contribution in [0.4, 0.5) is 28.8 Å². The molecule has 1 fully saturated rings. The Labute approximate surface area is 169 Å². The van der Waals surface area contributed by atoms with E-state index in [-0.39, 0.29) is 5.69 Å². The van der Waals surface area contributed by atoms with Crippen molar-refractivity contribution in [2.24, 2.45) is 0 Å². The summed E-state index contributed by atoms with van der Waals surface area (Å²) in [5.41, 5.74) is 1.47. The second-order valence-electron chi connectivity index (χ2n) is 6.90. The zero-order chi connectivity index (χ0) is 20.6. The van der Waals surface area contributed by atoms with Gasteiger partial charge in [-0.15, -0.1) is 0 Å². The summed E-state index contributed by atoms with van der Waals surface area (Å²) < 4.78 is 39.6. The molecule has 1 saturated heterocycles. The lowest BCUT2D eigenvalue weighted by molar-refractivity contribution is -0.137. The zero-order valence-electron chi connectivity index (χ0n) is 15.7. The summed E-state index contributed by atoms with van der Waals surface area (Å²) in [5.74, 6) is 0. The summed E-state index contributed by atoms with van der Waals surface area (Å²) in [5, 5.41) is 3.49. The van der Waals surface area contributed by atoms with Crippen molar-refractivity contribution in [1.29, 1.82) is 0 Å². The van der Waals surface area contributed by atoms with Crippen molar-refractivity contribution in [3.05, 3.63) is 53.6 Å². The largest absolute Gasteiger partial charge is 0.416 e. The average Bonchev–Trinajstić information content (AvgIpc) is 3.13. The minimum absolute atomic E-state index is 0.133. The Balaban J connectivity index is 1.39. The molecule has 0 bridgehead atoms. The fourth-order valence-corrected chi connectivity index (χ4v) is 4.38. The molecular formula is C20H19F3N4OS. The molecule has 1 aliphatic rings. The van der Waals surface area contributed by atoms with Crippen LogP contribution in [0.1, 0.15) is 11.1 Å². The summed E-state index contributed by atoms with van der Waals surface area (Å²) in [6, 6.07) is 10.3. The van der Waals surface area contributed by atoms with E-state index in [0.29, 0.717) is 26.2 Å². The van der Waals surface area contributed by atoms with E-state index in [1.807, 2.05) is 25.1 Å². The van der Waals surface area contributed by atoms with Gasteiger partial charge in [-0.3, -0.25) is 0 Å². The van der Waals surface area contributed by atoms with Gasteiger partial charge in [0, 0.05) is 31.9 Å². The van der Waals surface area contributed by atoms with Crippen LogP contribution in [-0.2, 0) is 6.18 Å². The third-order valence-corrected chi connectivity index (χ3v) is 5.97. The molecule has 9 heteroatoms. The number of benzene rings is 2. The first kappa shape index (κ1) is 19.5. The molecule has 3 aromatic rings. The van der Waals surface area contributed by atoms with E-state index in [1.54, 1.807) is 16.2 Å². The van der Waals surface area contributed by atoms with Crippen LogP contribution in [-0.4, -0.2) is 42.1 Å². The molecule has 1 aliphatic heterocycles. The quantitative estimate of drug-likeness (QED) is 0.636. The van der Waals surface area contributed by atoms with Crippen molar-refractivity contribution in [3.63, 3.8) is 0 Å². The van der Waals surface area contributed by atoms with Crippen molar-refractivity contribution in [1.82, 2.24) is 9.88 Å².